The Morgan fingerprint density at radius 2 is 2.14 bits per heavy atom. The number of hydrogen-bond donors (Lipinski definition) is 0. The summed E-state index contributed by atoms with van der Waals surface area (Å²) in [6, 6.07) is 10.0. The molecule has 0 saturated heterocycles. The van der Waals surface area contributed by atoms with E-state index in [1.807, 2.05) is 45.3 Å². The van der Waals surface area contributed by atoms with Gasteiger partial charge in [-0.2, -0.15) is 5.10 Å². The molecule has 0 atom stereocenters. The summed E-state index contributed by atoms with van der Waals surface area (Å²) in [7, 11) is 3.64. The van der Waals surface area contributed by atoms with Crippen molar-refractivity contribution in [2.75, 3.05) is 7.05 Å². The van der Waals surface area contributed by atoms with Crippen LogP contribution in [0.3, 0.4) is 0 Å². The molecular formula is C17H18N4O. The molecule has 3 rings (SSSR count). The Morgan fingerprint density at radius 3 is 2.86 bits per heavy atom. The molecule has 1 amide bonds. The Labute approximate surface area is 129 Å². The van der Waals surface area contributed by atoms with Crippen molar-refractivity contribution in [1.82, 2.24) is 19.7 Å². The van der Waals surface area contributed by atoms with E-state index in [4.69, 9.17) is 0 Å². The Balaban J connectivity index is 1.81. The highest BCUT2D eigenvalue weighted by Gasteiger charge is 2.17. The largest absolute Gasteiger partial charge is 0.337 e. The van der Waals surface area contributed by atoms with Crippen LogP contribution in [0.2, 0.25) is 0 Å². The second-order valence-electron chi connectivity index (χ2n) is 5.46. The minimum Gasteiger partial charge on any atom is -0.337 e. The van der Waals surface area contributed by atoms with Crippen molar-refractivity contribution >= 4 is 16.8 Å². The Kier molecular flexibility index (Phi) is 3.63. The number of carbonyl (C=O) groups excluding carboxylic acids is 1. The van der Waals surface area contributed by atoms with Crippen molar-refractivity contribution in [2.24, 2.45) is 7.05 Å². The molecule has 2 aromatic heterocycles. The second kappa shape index (κ2) is 5.60. The first-order valence-corrected chi connectivity index (χ1v) is 7.14. The maximum Gasteiger partial charge on any atom is 0.257 e. The number of aromatic nitrogens is 3. The zero-order chi connectivity index (χ0) is 15.7. The van der Waals surface area contributed by atoms with E-state index in [-0.39, 0.29) is 5.91 Å². The van der Waals surface area contributed by atoms with E-state index in [1.165, 1.54) is 0 Å². The quantitative estimate of drug-likeness (QED) is 0.746. The van der Waals surface area contributed by atoms with E-state index in [9.17, 15) is 4.79 Å². The molecular weight excluding hydrogens is 276 g/mol. The lowest BCUT2D eigenvalue weighted by Crippen LogP contribution is -2.26. The molecule has 0 aliphatic rings. The molecule has 22 heavy (non-hydrogen) atoms. The van der Waals surface area contributed by atoms with Gasteiger partial charge in [0.15, 0.2) is 0 Å². The van der Waals surface area contributed by atoms with Gasteiger partial charge in [0.1, 0.15) is 0 Å². The minimum atomic E-state index is -0.0168. The van der Waals surface area contributed by atoms with Crippen molar-refractivity contribution < 1.29 is 4.79 Å². The number of amides is 1. The maximum atomic E-state index is 12.5. The molecule has 0 radical (unpaired) electrons. The first kappa shape index (κ1) is 14.3. The van der Waals surface area contributed by atoms with Gasteiger partial charge >= 0.3 is 0 Å². The van der Waals surface area contributed by atoms with Gasteiger partial charge in [0.2, 0.25) is 0 Å². The lowest BCUT2D eigenvalue weighted by Gasteiger charge is -2.17. The van der Waals surface area contributed by atoms with Crippen LogP contribution in [0.4, 0.5) is 0 Å². The van der Waals surface area contributed by atoms with E-state index in [2.05, 4.69) is 16.1 Å². The topological polar surface area (TPSA) is 51.0 Å². The summed E-state index contributed by atoms with van der Waals surface area (Å²) in [4.78, 5) is 18.5. The Hall–Kier alpha value is -2.69. The summed E-state index contributed by atoms with van der Waals surface area (Å²) in [5, 5.41) is 5.21. The second-order valence-corrected chi connectivity index (χ2v) is 5.46. The molecule has 2 heterocycles. The van der Waals surface area contributed by atoms with Crippen molar-refractivity contribution in [3.63, 3.8) is 0 Å². The summed E-state index contributed by atoms with van der Waals surface area (Å²) in [5.74, 6) is -0.0168. The highest BCUT2D eigenvalue weighted by molar-refractivity contribution is 5.94. The zero-order valence-corrected chi connectivity index (χ0v) is 12.9. The van der Waals surface area contributed by atoms with Gasteiger partial charge in [-0.05, 0) is 30.7 Å². The molecule has 0 aliphatic carbocycles. The van der Waals surface area contributed by atoms with Crippen LogP contribution >= 0.6 is 0 Å². The number of aryl methyl sites for hydroxylation is 1. The van der Waals surface area contributed by atoms with Crippen LogP contribution in [0.25, 0.3) is 10.9 Å². The van der Waals surface area contributed by atoms with Gasteiger partial charge in [-0.15, -0.1) is 0 Å². The van der Waals surface area contributed by atoms with Crippen molar-refractivity contribution in [1.29, 1.82) is 0 Å². The van der Waals surface area contributed by atoms with Gasteiger partial charge in [0.25, 0.3) is 5.91 Å². The van der Waals surface area contributed by atoms with Crippen molar-refractivity contribution in [3.05, 3.63) is 59.5 Å². The fourth-order valence-corrected chi connectivity index (χ4v) is 2.48. The summed E-state index contributed by atoms with van der Waals surface area (Å²) in [6.45, 7) is 2.45. The number of hydrogen-bond acceptors (Lipinski definition) is 3. The minimum absolute atomic E-state index is 0.0168. The van der Waals surface area contributed by atoms with E-state index >= 15 is 0 Å². The fourth-order valence-electron chi connectivity index (χ4n) is 2.48. The molecule has 0 spiro atoms. The number of benzene rings is 1. The highest BCUT2D eigenvalue weighted by atomic mass is 16.2. The number of rotatable bonds is 3. The van der Waals surface area contributed by atoms with E-state index in [1.54, 1.807) is 22.0 Å². The van der Waals surface area contributed by atoms with Crippen LogP contribution in [0.15, 0.2) is 42.7 Å². The van der Waals surface area contributed by atoms with Gasteiger partial charge in [-0.3, -0.25) is 14.5 Å². The summed E-state index contributed by atoms with van der Waals surface area (Å²) < 4.78 is 1.71. The van der Waals surface area contributed by atoms with Gasteiger partial charge in [-0.25, -0.2) is 0 Å². The summed E-state index contributed by atoms with van der Waals surface area (Å²) >= 11 is 0. The van der Waals surface area contributed by atoms with Crippen LogP contribution in [0.1, 0.15) is 21.6 Å². The van der Waals surface area contributed by atoms with Gasteiger partial charge < -0.3 is 4.90 Å². The molecule has 5 heteroatoms. The van der Waals surface area contributed by atoms with Crippen LogP contribution in [-0.2, 0) is 13.6 Å². The molecule has 3 aromatic rings. The van der Waals surface area contributed by atoms with Gasteiger partial charge in [-0.1, -0.05) is 12.1 Å². The third-order valence-electron chi connectivity index (χ3n) is 3.90. The summed E-state index contributed by atoms with van der Waals surface area (Å²) in [6.07, 6.45) is 3.40. The Bertz CT molecular complexity index is 838. The van der Waals surface area contributed by atoms with E-state index in [0.29, 0.717) is 12.1 Å². The molecule has 0 saturated carbocycles. The van der Waals surface area contributed by atoms with Crippen molar-refractivity contribution in [2.45, 2.75) is 13.5 Å². The van der Waals surface area contributed by atoms with Crippen LogP contribution in [0, 0.1) is 6.92 Å². The first-order chi connectivity index (χ1) is 10.6. The maximum absolute atomic E-state index is 12.5. The lowest BCUT2D eigenvalue weighted by atomic mass is 10.1. The molecule has 112 valence electrons. The molecule has 0 N–H and O–H groups in total. The van der Waals surface area contributed by atoms with Crippen LogP contribution in [0.5, 0.6) is 0 Å². The van der Waals surface area contributed by atoms with Crippen LogP contribution in [-0.4, -0.2) is 32.6 Å². The number of nitrogens with zero attached hydrogens (tertiary/aromatic N) is 4. The molecule has 0 unspecified atom stereocenters. The van der Waals surface area contributed by atoms with E-state index in [0.717, 1.165) is 22.2 Å². The number of fused-ring (bicyclic) bond motifs is 1. The number of pyridine rings is 1. The Morgan fingerprint density at radius 1 is 1.32 bits per heavy atom. The normalized spacial score (nSPS) is 10.9. The third kappa shape index (κ3) is 2.57. The first-order valence-electron chi connectivity index (χ1n) is 7.14. The standard InChI is InChI=1S/C17H18N4O/c1-12-15(10-19-21(12)3)17(22)20(2)11-13-6-7-16-14(9-13)5-4-8-18-16/h4-10H,11H2,1-3H3. The molecule has 0 aliphatic heterocycles. The fraction of sp³-hybridized carbons (Fsp3) is 0.235. The highest BCUT2D eigenvalue weighted by Crippen LogP contribution is 2.16. The molecule has 5 nitrogen and oxygen atoms in total. The molecule has 1 aromatic carbocycles. The van der Waals surface area contributed by atoms with Gasteiger partial charge in [0, 0.05) is 37.9 Å². The molecule has 0 bridgehead atoms. The average molecular weight is 294 g/mol. The predicted molar refractivity (Wildman–Crippen MR) is 85.5 cm³/mol. The summed E-state index contributed by atoms with van der Waals surface area (Å²) in [5.41, 5.74) is 3.56. The monoisotopic (exact) mass is 294 g/mol. The number of carbonyl (C=O) groups is 1. The van der Waals surface area contributed by atoms with E-state index < -0.39 is 0 Å². The third-order valence-corrected chi connectivity index (χ3v) is 3.90. The smallest absolute Gasteiger partial charge is 0.257 e. The lowest BCUT2D eigenvalue weighted by molar-refractivity contribution is 0.0784. The SMILES string of the molecule is Cc1c(C(=O)N(C)Cc2ccc3ncccc3c2)cnn1C. The average Bonchev–Trinajstić information content (AvgIpc) is 2.86. The molecule has 0 fully saturated rings. The predicted octanol–water partition coefficient (Wildman–Crippen LogP) is 2.55. The van der Waals surface area contributed by atoms with Gasteiger partial charge in [0.05, 0.1) is 17.3 Å². The zero-order valence-electron chi connectivity index (χ0n) is 12.9. The van der Waals surface area contributed by atoms with Crippen LogP contribution < -0.4 is 0 Å². The van der Waals surface area contributed by atoms with Crippen molar-refractivity contribution in [3.8, 4) is 0 Å².